The molecule has 2 aliphatic heterocycles. The molecular formula is C25H36O5Si. The number of carbonyl (C=O) groups excluding carboxylic acids is 1. The molecule has 6 atom stereocenters. The van der Waals surface area contributed by atoms with Crippen LogP contribution in [0.2, 0.25) is 18.1 Å². The van der Waals surface area contributed by atoms with Crippen molar-refractivity contribution in [2.75, 3.05) is 7.11 Å². The van der Waals surface area contributed by atoms with Crippen LogP contribution in [0.15, 0.2) is 35.5 Å². The van der Waals surface area contributed by atoms with Gasteiger partial charge < -0.3 is 19.0 Å². The maximum absolute atomic E-state index is 12.5. The van der Waals surface area contributed by atoms with E-state index in [-0.39, 0.29) is 34.0 Å². The largest absolute Gasteiger partial charge is 0.466 e. The highest BCUT2D eigenvalue weighted by atomic mass is 28.4. The second kappa shape index (κ2) is 6.22. The SMILES string of the molecule is C=C1C[C@]23C[C@@]1(O[Si](C)(C)C(C)(C)C)CC[C@H]2[C@]12C=C[C@H](O1)C(C(=O)OC)=C2C[C@@H]3O. The normalized spacial score (nSPS) is 43.3. The van der Waals surface area contributed by atoms with Gasteiger partial charge in [-0.25, -0.2) is 4.79 Å². The molecule has 0 unspecified atom stereocenters. The van der Waals surface area contributed by atoms with Gasteiger partial charge in [-0.2, -0.15) is 0 Å². The molecule has 6 heteroatoms. The van der Waals surface area contributed by atoms with E-state index in [1.807, 2.05) is 6.08 Å². The maximum atomic E-state index is 12.5. The third kappa shape index (κ3) is 2.56. The van der Waals surface area contributed by atoms with Crippen LogP contribution < -0.4 is 0 Å². The molecule has 170 valence electrons. The van der Waals surface area contributed by atoms with Crippen molar-refractivity contribution >= 4 is 14.3 Å². The van der Waals surface area contributed by atoms with E-state index in [0.29, 0.717) is 12.0 Å². The second-order valence-corrected chi connectivity index (χ2v) is 16.7. The molecular weight excluding hydrogens is 408 g/mol. The van der Waals surface area contributed by atoms with Crippen molar-refractivity contribution in [3.63, 3.8) is 0 Å². The van der Waals surface area contributed by atoms with Crippen molar-refractivity contribution < 1.29 is 23.8 Å². The van der Waals surface area contributed by atoms with Gasteiger partial charge >= 0.3 is 5.97 Å². The molecule has 0 radical (unpaired) electrons. The van der Waals surface area contributed by atoms with E-state index in [0.717, 1.165) is 36.8 Å². The zero-order valence-electron chi connectivity index (χ0n) is 19.7. The summed E-state index contributed by atoms with van der Waals surface area (Å²) in [7, 11) is -0.607. The number of hydrogen-bond acceptors (Lipinski definition) is 5. The van der Waals surface area contributed by atoms with Crippen LogP contribution in [0.4, 0.5) is 0 Å². The number of aliphatic hydroxyl groups excluding tert-OH is 1. The Morgan fingerprint density at radius 1 is 1.35 bits per heavy atom. The Labute approximate surface area is 186 Å². The molecule has 5 rings (SSSR count). The first-order chi connectivity index (χ1) is 14.3. The van der Waals surface area contributed by atoms with E-state index < -0.39 is 20.0 Å². The number of methoxy groups -OCH3 is 1. The van der Waals surface area contributed by atoms with Gasteiger partial charge in [-0.05, 0) is 67.5 Å². The summed E-state index contributed by atoms with van der Waals surface area (Å²) in [5.41, 5.74) is 1.39. The summed E-state index contributed by atoms with van der Waals surface area (Å²) >= 11 is 0. The predicted octanol–water partition coefficient (Wildman–Crippen LogP) is 4.44. The zero-order valence-corrected chi connectivity index (χ0v) is 20.7. The molecule has 3 saturated carbocycles. The van der Waals surface area contributed by atoms with Crippen LogP contribution in [0.5, 0.6) is 0 Å². The quantitative estimate of drug-likeness (QED) is 0.396. The Morgan fingerprint density at radius 3 is 2.71 bits per heavy atom. The molecule has 0 aromatic heterocycles. The van der Waals surface area contributed by atoms with E-state index in [9.17, 15) is 9.90 Å². The lowest BCUT2D eigenvalue weighted by Crippen LogP contribution is -2.60. The Morgan fingerprint density at radius 2 is 2.06 bits per heavy atom. The number of aliphatic hydroxyl groups is 1. The molecule has 2 spiro atoms. The number of esters is 1. The van der Waals surface area contributed by atoms with Crippen LogP contribution in [0.25, 0.3) is 0 Å². The average Bonchev–Trinajstić information content (AvgIpc) is 3.28. The number of hydrogen-bond donors (Lipinski definition) is 1. The Hall–Kier alpha value is -1.21. The standard InChI is InChI=1S/C25H36O5Si/c1-15-13-23-14-24(15,30-31(6,7)22(2,3)4)10-9-18(23)25-11-8-17(29-25)20(21(27)28-5)16(25)12-19(23)26/h8,11,17-19,26H,1,9-10,12-14H2,2-7H3/t17-,18+,19-,23-,24-,25+/m0/s1. The van der Waals surface area contributed by atoms with Crippen molar-refractivity contribution in [3.8, 4) is 0 Å². The van der Waals surface area contributed by atoms with Crippen molar-refractivity contribution in [2.45, 2.75) is 94.4 Å². The minimum atomic E-state index is -2.02. The minimum Gasteiger partial charge on any atom is -0.466 e. The van der Waals surface area contributed by atoms with Crippen LogP contribution in [0.3, 0.4) is 0 Å². The van der Waals surface area contributed by atoms with Gasteiger partial charge in [0.2, 0.25) is 0 Å². The molecule has 0 aromatic carbocycles. The lowest BCUT2D eigenvalue weighted by Gasteiger charge is -2.57. The van der Waals surface area contributed by atoms with Crippen molar-refractivity contribution in [1.82, 2.24) is 0 Å². The Balaban J connectivity index is 1.55. The molecule has 1 N–H and O–H groups in total. The topological polar surface area (TPSA) is 65.0 Å². The summed E-state index contributed by atoms with van der Waals surface area (Å²) in [6.07, 6.45) is 7.03. The van der Waals surface area contributed by atoms with E-state index in [1.54, 1.807) is 0 Å². The van der Waals surface area contributed by atoms with Gasteiger partial charge in [0.25, 0.3) is 0 Å². The van der Waals surface area contributed by atoms with E-state index in [4.69, 9.17) is 13.9 Å². The molecule has 4 bridgehead atoms. The van der Waals surface area contributed by atoms with Gasteiger partial charge in [-0.3, -0.25) is 0 Å². The molecule has 2 heterocycles. The second-order valence-electron chi connectivity index (χ2n) is 11.9. The summed E-state index contributed by atoms with van der Waals surface area (Å²) in [5.74, 6) is -0.228. The van der Waals surface area contributed by atoms with E-state index in [1.165, 1.54) is 7.11 Å². The highest BCUT2D eigenvalue weighted by Crippen LogP contribution is 2.71. The van der Waals surface area contributed by atoms with Gasteiger partial charge in [0.1, 0.15) is 11.7 Å². The van der Waals surface area contributed by atoms with Crippen LogP contribution in [-0.2, 0) is 18.7 Å². The fourth-order valence-electron chi connectivity index (χ4n) is 7.02. The first-order valence-corrected chi connectivity index (χ1v) is 14.5. The van der Waals surface area contributed by atoms with E-state index in [2.05, 4.69) is 46.5 Å². The van der Waals surface area contributed by atoms with Crippen molar-refractivity contribution in [3.05, 3.63) is 35.5 Å². The summed E-state index contributed by atoms with van der Waals surface area (Å²) < 4.78 is 18.7. The van der Waals surface area contributed by atoms with Crippen LogP contribution in [0.1, 0.15) is 52.9 Å². The lowest BCUT2D eigenvalue weighted by molar-refractivity contribution is -0.153. The third-order valence-corrected chi connectivity index (χ3v) is 14.0. The molecule has 5 aliphatic rings. The highest BCUT2D eigenvalue weighted by molar-refractivity contribution is 6.74. The number of rotatable bonds is 3. The molecule has 0 saturated heterocycles. The number of carbonyl (C=O) groups is 1. The Kier molecular flexibility index (Phi) is 4.34. The zero-order chi connectivity index (χ0) is 22.6. The summed E-state index contributed by atoms with van der Waals surface area (Å²) in [5, 5.41) is 11.7. The molecule has 5 nitrogen and oxygen atoms in total. The van der Waals surface area contributed by atoms with Crippen LogP contribution in [0, 0.1) is 11.3 Å². The van der Waals surface area contributed by atoms with Crippen molar-refractivity contribution in [2.24, 2.45) is 11.3 Å². The third-order valence-electron chi connectivity index (χ3n) is 9.50. The molecule has 3 fully saturated rings. The Bertz CT molecular complexity index is 927. The molecule has 3 aliphatic carbocycles. The van der Waals surface area contributed by atoms with Gasteiger partial charge in [-0.1, -0.05) is 33.4 Å². The maximum Gasteiger partial charge on any atom is 0.336 e. The highest BCUT2D eigenvalue weighted by Gasteiger charge is 2.72. The van der Waals surface area contributed by atoms with Gasteiger partial charge in [0, 0.05) is 11.3 Å². The smallest absolute Gasteiger partial charge is 0.336 e. The first-order valence-electron chi connectivity index (χ1n) is 11.6. The summed E-state index contributed by atoms with van der Waals surface area (Å²) in [6.45, 7) is 15.9. The fourth-order valence-corrected chi connectivity index (χ4v) is 8.62. The summed E-state index contributed by atoms with van der Waals surface area (Å²) in [4.78, 5) is 12.5. The van der Waals surface area contributed by atoms with Gasteiger partial charge in [0.15, 0.2) is 8.32 Å². The molecule has 0 amide bonds. The van der Waals surface area contributed by atoms with Gasteiger partial charge in [0.05, 0.1) is 24.4 Å². The van der Waals surface area contributed by atoms with Crippen molar-refractivity contribution in [1.29, 1.82) is 0 Å². The monoisotopic (exact) mass is 444 g/mol. The average molecular weight is 445 g/mol. The van der Waals surface area contributed by atoms with Gasteiger partial charge in [-0.15, -0.1) is 0 Å². The predicted molar refractivity (Wildman–Crippen MR) is 121 cm³/mol. The number of ether oxygens (including phenoxy) is 2. The fraction of sp³-hybridized carbons (Fsp3) is 0.720. The first kappa shape index (κ1) is 21.6. The molecule has 0 aromatic rings. The lowest BCUT2D eigenvalue weighted by atomic mass is 9.51. The van der Waals surface area contributed by atoms with Crippen LogP contribution >= 0.6 is 0 Å². The minimum absolute atomic E-state index is 0.109. The van der Waals surface area contributed by atoms with Crippen LogP contribution in [-0.4, -0.2) is 49.9 Å². The molecule has 31 heavy (non-hydrogen) atoms. The van der Waals surface area contributed by atoms with E-state index >= 15 is 0 Å². The summed E-state index contributed by atoms with van der Waals surface area (Å²) in [6, 6.07) is 0. The number of fused-ring (bicyclic) bond motifs is 2.